The molecule has 0 radical (unpaired) electrons. The molecule has 1 aromatic rings. The Morgan fingerprint density at radius 2 is 2.22 bits per heavy atom. The number of aromatic nitrogens is 2. The summed E-state index contributed by atoms with van der Waals surface area (Å²) in [5.41, 5.74) is 6.99. The number of nitrogens with two attached hydrogens (primary N) is 1. The Morgan fingerprint density at radius 3 is 2.89 bits per heavy atom. The van der Waals surface area contributed by atoms with Crippen molar-refractivity contribution in [2.45, 2.75) is 26.4 Å². The monoisotopic (exact) mass is 249 g/mol. The molecular weight excluding hydrogens is 234 g/mol. The second-order valence-electron chi connectivity index (χ2n) is 4.22. The van der Waals surface area contributed by atoms with Crippen molar-refractivity contribution in [3.63, 3.8) is 0 Å². The van der Waals surface area contributed by atoms with Gasteiger partial charge in [0.05, 0.1) is 5.69 Å². The van der Waals surface area contributed by atoms with Gasteiger partial charge in [-0.25, -0.2) is 9.97 Å². The Morgan fingerprint density at radius 1 is 1.50 bits per heavy atom. The molecule has 18 heavy (non-hydrogen) atoms. The molecule has 1 aromatic heterocycles. The number of imide groups is 1. The lowest BCUT2D eigenvalue weighted by molar-refractivity contribution is -0.132. The third-order valence-electron chi connectivity index (χ3n) is 2.79. The molecule has 0 saturated carbocycles. The minimum absolute atomic E-state index is 0.0698. The van der Waals surface area contributed by atoms with Crippen LogP contribution in [-0.2, 0) is 16.1 Å². The van der Waals surface area contributed by atoms with Gasteiger partial charge in [-0.2, -0.15) is 0 Å². The van der Waals surface area contributed by atoms with E-state index in [1.165, 1.54) is 0 Å². The van der Waals surface area contributed by atoms with Crippen molar-refractivity contribution in [3.05, 3.63) is 17.5 Å². The second kappa shape index (κ2) is 4.69. The number of nitrogens with one attached hydrogen (secondary N) is 1. The molecule has 1 fully saturated rings. The maximum atomic E-state index is 11.6. The summed E-state index contributed by atoms with van der Waals surface area (Å²) in [6, 6.07) is 1.30. The first-order valence-corrected chi connectivity index (χ1v) is 5.66. The average Bonchev–Trinajstić information content (AvgIpc) is 2.32. The summed E-state index contributed by atoms with van der Waals surface area (Å²) in [6.07, 6.45) is 0. The van der Waals surface area contributed by atoms with Crippen molar-refractivity contribution >= 4 is 17.8 Å². The van der Waals surface area contributed by atoms with E-state index < -0.39 is 6.04 Å². The van der Waals surface area contributed by atoms with Gasteiger partial charge in [0.1, 0.15) is 12.6 Å². The Kier molecular flexibility index (Phi) is 3.24. The number of carbonyl (C=O) groups excluding carboxylic acids is 2. The van der Waals surface area contributed by atoms with Crippen molar-refractivity contribution in [2.75, 3.05) is 11.4 Å². The molecule has 7 nitrogen and oxygen atoms in total. The smallest absolute Gasteiger partial charge is 0.249 e. The SMILES string of the molecule is Cc1cc(CN)nc(N2CC(=O)NC(=O)C2C)n1. The number of anilines is 1. The van der Waals surface area contributed by atoms with E-state index in [0.717, 1.165) is 5.69 Å². The summed E-state index contributed by atoms with van der Waals surface area (Å²) in [6.45, 7) is 3.88. The number of piperazine rings is 1. The number of hydrogen-bond acceptors (Lipinski definition) is 6. The molecule has 2 rings (SSSR count). The van der Waals surface area contributed by atoms with E-state index in [1.54, 1.807) is 17.9 Å². The molecule has 2 heterocycles. The molecule has 0 aromatic carbocycles. The predicted octanol–water partition coefficient (Wildman–Crippen LogP) is -0.905. The van der Waals surface area contributed by atoms with Crippen molar-refractivity contribution < 1.29 is 9.59 Å². The highest BCUT2D eigenvalue weighted by Gasteiger charge is 2.32. The predicted molar refractivity (Wildman–Crippen MR) is 64.6 cm³/mol. The van der Waals surface area contributed by atoms with Crippen LogP contribution in [0.2, 0.25) is 0 Å². The number of rotatable bonds is 2. The van der Waals surface area contributed by atoms with E-state index >= 15 is 0 Å². The van der Waals surface area contributed by atoms with Gasteiger partial charge in [0.2, 0.25) is 17.8 Å². The summed E-state index contributed by atoms with van der Waals surface area (Å²) in [7, 11) is 0. The Hall–Kier alpha value is -2.02. The van der Waals surface area contributed by atoms with Crippen LogP contribution in [0.1, 0.15) is 18.3 Å². The Bertz CT molecular complexity index is 502. The maximum Gasteiger partial charge on any atom is 0.249 e. The summed E-state index contributed by atoms with van der Waals surface area (Å²) in [5, 5.41) is 2.27. The van der Waals surface area contributed by atoms with Gasteiger partial charge in [-0.05, 0) is 19.9 Å². The van der Waals surface area contributed by atoms with Crippen LogP contribution in [0.15, 0.2) is 6.07 Å². The number of carbonyl (C=O) groups is 2. The van der Waals surface area contributed by atoms with Crippen molar-refractivity contribution in [1.29, 1.82) is 0 Å². The number of aryl methyl sites for hydroxylation is 1. The molecule has 1 unspecified atom stereocenters. The summed E-state index contributed by atoms with van der Waals surface area (Å²) >= 11 is 0. The highest BCUT2D eigenvalue weighted by Crippen LogP contribution is 2.15. The zero-order valence-corrected chi connectivity index (χ0v) is 10.3. The molecule has 1 aliphatic heterocycles. The molecule has 1 atom stereocenters. The van der Waals surface area contributed by atoms with E-state index in [4.69, 9.17) is 5.73 Å². The van der Waals surface area contributed by atoms with Gasteiger partial charge in [-0.3, -0.25) is 14.9 Å². The first kappa shape index (κ1) is 12.4. The fourth-order valence-electron chi connectivity index (χ4n) is 1.81. The van der Waals surface area contributed by atoms with Crippen molar-refractivity contribution in [3.8, 4) is 0 Å². The zero-order chi connectivity index (χ0) is 13.3. The van der Waals surface area contributed by atoms with Gasteiger partial charge >= 0.3 is 0 Å². The zero-order valence-electron chi connectivity index (χ0n) is 10.3. The molecule has 0 spiro atoms. The third-order valence-corrected chi connectivity index (χ3v) is 2.79. The van der Waals surface area contributed by atoms with Crippen LogP contribution in [0.5, 0.6) is 0 Å². The van der Waals surface area contributed by atoms with Gasteiger partial charge in [0.25, 0.3) is 0 Å². The lowest BCUT2D eigenvalue weighted by Crippen LogP contribution is -2.57. The van der Waals surface area contributed by atoms with Crippen molar-refractivity contribution in [1.82, 2.24) is 15.3 Å². The molecule has 2 amide bonds. The Balaban J connectivity index is 2.37. The van der Waals surface area contributed by atoms with Gasteiger partial charge in [0.15, 0.2) is 0 Å². The highest BCUT2D eigenvalue weighted by atomic mass is 16.2. The molecule has 0 aliphatic carbocycles. The van der Waals surface area contributed by atoms with Crippen LogP contribution in [-0.4, -0.2) is 34.4 Å². The molecule has 0 bridgehead atoms. The van der Waals surface area contributed by atoms with Crippen LogP contribution in [0.25, 0.3) is 0 Å². The van der Waals surface area contributed by atoms with Crippen LogP contribution >= 0.6 is 0 Å². The van der Waals surface area contributed by atoms with Crippen LogP contribution < -0.4 is 16.0 Å². The number of hydrogen-bond donors (Lipinski definition) is 2. The van der Waals surface area contributed by atoms with Gasteiger partial charge in [-0.15, -0.1) is 0 Å². The van der Waals surface area contributed by atoms with Gasteiger partial charge in [-0.1, -0.05) is 0 Å². The molecule has 3 N–H and O–H groups in total. The highest BCUT2D eigenvalue weighted by molar-refractivity contribution is 6.04. The largest absolute Gasteiger partial charge is 0.325 e. The summed E-state index contributed by atoms with van der Waals surface area (Å²) in [4.78, 5) is 33.0. The van der Waals surface area contributed by atoms with Crippen LogP contribution in [0, 0.1) is 6.92 Å². The second-order valence-corrected chi connectivity index (χ2v) is 4.22. The fourth-order valence-corrected chi connectivity index (χ4v) is 1.81. The van der Waals surface area contributed by atoms with E-state index in [1.807, 2.05) is 6.92 Å². The minimum Gasteiger partial charge on any atom is -0.325 e. The maximum absolute atomic E-state index is 11.6. The molecular formula is C11H15N5O2. The third kappa shape index (κ3) is 2.30. The van der Waals surface area contributed by atoms with E-state index in [-0.39, 0.29) is 18.4 Å². The quantitative estimate of drug-likeness (QED) is 0.658. The lowest BCUT2D eigenvalue weighted by atomic mass is 10.2. The first-order chi connectivity index (χ1) is 8.51. The van der Waals surface area contributed by atoms with Gasteiger partial charge in [0, 0.05) is 12.2 Å². The van der Waals surface area contributed by atoms with Crippen LogP contribution in [0.4, 0.5) is 5.95 Å². The van der Waals surface area contributed by atoms with Crippen LogP contribution in [0.3, 0.4) is 0 Å². The van der Waals surface area contributed by atoms with Crippen molar-refractivity contribution in [2.24, 2.45) is 5.73 Å². The summed E-state index contributed by atoms with van der Waals surface area (Å²) < 4.78 is 0. The topological polar surface area (TPSA) is 101 Å². The normalized spacial score (nSPS) is 19.9. The first-order valence-electron chi connectivity index (χ1n) is 5.66. The molecule has 1 saturated heterocycles. The molecule has 1 aliphatic rings. The Labute approximate surface area is 104 Å². The van der Waals surface area contributed by atoms with Gasteiger partial charge < -0.3 is 10.6 Å². The number of amides is 2. The molecule has 96 valence electrons. The number of nitrogens with zero attached hydrogens (tertiary/aromatic N) is 3. The summed E-state index contributed by atoms with van der Waals surface area (Å²) in [5.74, 6) is -0.325. The standard InChI is InChI=1S/C11H15N5O2/c1-6-3-8(4-12)14-11(13-6)16-5-9(17)15-10(18)7(16)2/h3,7H,4-5,12H2,1-2H3,(H,15,17,18). The fraction of sp³-hybridized carbons (Fsp3) is 0.455. The van der Waals surface area contributed by atoms with E-state index in [9.17, 15) is 9.59 Å². The minimum atomic E-state index is -0.477. The molecule has 7 heteroatoms. The average molecular weight is 249 g/mol. The lowest BCUT2D eigenvalue weighted by Gasteiger charge is -2.31. The van der Waals surface area contributed by atoms with E-state index in [0.29, 0.717) is 18.2 Å². The van der Waals surface area contributed by atoms with E-state index in [2.05, 4.69) is 15.3 Å².